The SMILES string of the molecule is Cc1cc(CN2C[C@H]3C[C@@H](Nc4ncc(-c5cc(F)ccc5Cl)cn4)C[C@H]3C2)ccc1F. The van der Waals surface area contributed by atoms with E-state index in [0.717, 1.165) is 32.5 Å². The van der Waals surface area contributed by atoms with E-state index in [1.807, 2.05) is 19.1 Å². The number of benzene rings is 2. The monoisotopic (exact) mass is 454 g/mol. The molecule has 166 valence electrons. The minimum absolute atomic E-state index is 0.143. The van der Waals surface area contributed by atoms with E-state index in [0.29, 0.717) is 45.5 Å². The van der Waals surface area contributed by atoms with Gasteiger partial charge in [0, 0.05) is 54.2 Å². The second-order valence-corrected chi connectivity index (χ2v) is 9.44. The number of hydrogen-bond donors (Lipinski definition) is 1. The highest BCUT2D eigenvalue weighted by molar-refractivity contribution is 6.33. The predicted molar refractivity (Wildman–Crippen MR) is 122 cm³/mol. The van der Waals surface area contributed by atoms with E-state index in [1.54, 1.807) is 18.5 Å². The summed E-state index contributed by atoms with van der Waals surface area (Å²) in [6.45, 7) is 4.82. The molecule has 2 aliphatic rings. The molecule has 1 aromatic heterocycles. The maximum Gasteiger partial charge on any atom is 0.222 e. The van der Waals surface area contributed by atoms with Crippen LogP contribution in [-0.2, 0) is 6.54 Å². The van der Waals surface area contributed by atoms with Crippen molar-refractivity contribution in [3.8, 4) is 11.1 Å². The standard InChI is InChI=1S/C25H25ClF2N4/c1-15-6-16(2-5-24(15)28)12-32-13-17-7-21(8-18(17)14-32)31-25-29-10-19(11-30-25)22-9-20(27)3-4-23(22)26/h2-6,9-11,17-18,21H,7-8,12-14H2,1H3,(H,29,30,31)/t17-,18+,21-. The summed E-state index contributed by atoms with van der Waals surface area (Å²) in [5.74, 6) is 1.41. The Kier molecular flexibility index (Phi) is 5.82. The zero-order valence-corrected chi connectivity index (χ0v) is 18.6. The molecule has 1 aliphatic heterocycles. The Morgan fingerprint density at radius 1 is 1.03 bits per heavy atom. The number of anilines is 1. The van der Waals surface area contributed by atoms with Gasteiger partial charge in [-0.3, -0.25) is 4.90 Å². The first kappa shape index (κ1) is 21.3. The van der Waals surface area contributed by atoms with Crippen LogP contribution in [-0.4, -0.2) is 34.0 Å². The molecule has 1 saturated carbocycles. The summed E-state index contributed by atoms with van der Waals surface area (Å²) in [4.78, 5) is 11.3. The molecule has 0 unspecified atom stereocenters. The van der Waals surface area contributed by atoms with Gasteiger partial charge in [0.25, 0.3) is 0 Å². The largest absolute Gasteiger partial charge is 0.351 e. The molecule has 3 aromatic rings. The Balaban J connectivity index is 1.16. The van der Waals surface area contributed by atoms with Gasteiger partial charge in [-0.2, -0.15) is 0 Å². The molecule has 1 N–H and O–H groups in total. The summed E-state index contributed by atoms with van der Waals surface area (Å²) in [6, 6.07) is 10.0. The van der Waals surface area contributed by atoms with E-state index in [1.165, 1.54) is 23.8 Å². The lowest BCUT2D eigenvalue weighted by Gasteiger charge is -2.20. The Morgan fingerprint density at radius 2 is 1.75 bits per heavy atom. The highest BCUT2D eigenvalue weighted by Gasteiger charge is 2.40. The molecule has 3 atom stereocenters. The van der Waals surface area contributed by atoms with Crippen molar-refractivity contribution in [2.45, 2.75) is 32.4 Å². The topological polar surface area (TPSA) is 41.0 Å². The second kappa shape index (κ2) is 8.75. The molecule has 1 saturated heterocycles. The van der Waals surface area contributed by atoms with Crippen LogP contribution >= 0.6 is 11.6 Å². The average Bonchev–Trinajstić information content (AvgIpc) is 3.31. The molecule has 2 aromatic carbocycles. The highest BCUT2D eigenvalue weighted by atomic mass is 35.5. The lowest BCUT2D eigenvalue weighted by Crippen LogP contribution is -2.25. The number of aryl methyl sites for hydroxylation is 1. The van der Waals surface area contributed by atoms with Crippen LogP contribution in [0, 0.1) is 30.4 Å². The van der Waals surface area contributed by atoms with Crippen LogP contribution < -0.4 is 5.32 Å². The van der Waals surface area contributed by atoms with Gasteiger partial charge in [0.2, 0.25) is 5.95 Å². The van der Waals surface area contributed by atoms with Gasteiger partial charge in [-0.15, -0.1) is 0 Å². The molecule has 1 aliphatic carbocycles. The van der Waals surface area contributed by atoms with E-state index in [-0.39, 0.29) is 11.6 Å². The van der Waals surface area contributed by atoms with Gasteiger partial charge < -0.3 is 5.32 Å². The zero-order valence-electron chi connectivity index (χ0n) is 17.9. The summed E-state index contributed by atoms with van der Waals surface area (Å²) in [7, 11) is 0. The van der Waals surface area contributed by atoms with E-state index in [2.05, 4.69) is 20.2 Å². The fourth-order valence-corrected chi connectivity index (χ4v) is 5.38. The summed E-state index contributed by atoms with van der Waals surface area (Å²) in [5, 5.41) is 3.93. The van der Waals surface area contributed by atoms with Gasteiger partial charge >= 0.3 is 0 Å². The number of halogens is 3. The molecular formula is C25H25ClF2N4. The number of fused-ring (bicyclic) bond motifs is 1. The molecule has 0 radical (unpaired) electrons. The third-order valence-corrected chi connectivity index (χ3v) is 7.01. The van der Waals surface area contributed by atoms with Crippen LogP contribution in [0.15, 0.2) is 48.8 Å². The summed E-state index contributed by atoms with van der Waals surface area (Å²) in [5.41, 5.74) is 3.15. The van der Waals surface area contributed by atoms with E-state index < -0.39 is 0 Å². The van der Waals surface area contributed by atoms with Gasteiger partial charge in [0.05, 0.1) is 0 Å². The minimum Gasteiger partial charge on any atom is -0.351 e. The molecule has 7 heteroatoms. The van der Waals surface area contributed by atoms with E-state index in [4.69, 9.17) is 11.6 Å². The molecule has 2 heterocycles. The normalized spacial score (nSPS) is 22.8. The maximum absolute atomic E-state index is 13.5. The van der Waals surface area contributed by atoms with Gasteiger partial charge in [-0.05, 0) is 67.0 Å². The maximum atomic E-state index is 13.5. The van der Waals surface area contributed by atoms with Crippen molar-refractivity contribution in [1.29, 1.82) is 0 Å². The predicted octanol–water partition coefficient (Wildman–Crippen LogP) is 5.71. The van der Waals surface area contributed by atoms with Gasteiger partial charge in [0.1, 0.15) is 11.6 Å². The van der Waals surface area contributed by atoms with E-state index >= 15 is 0 Å². The van der Waals surface area contributed by atoms with Crippen LogP contribution in [0.25, 0.3) is 11.1 Å². The molecule has 0 spiro atoms. The highest BCUT2D eigenvalue weighted by Crippen LogP contribution is 2.39. The molecule has 0 bridgehead atoms. The van der Waals surface area contributed by atoms with Crippen LogP contribution in [0.5, 0.6) is 0 Å². The Bertz CT molecular complexity index is 1110. The molecule has 4 nitrogen and oxygen atoms in total. The van der Waals surface area contributed by atoms with Crippen LogP contribution in [0.2, 0.25) is 5.02 Å². The number of hydrogen-bond acceptors (Lipinski definition) is 4. The Morgan fingerprint density at radius 3 is 2.44 bits per heavy atom. The average molecular weight is 455 g/mol. The summed E-state index contributed by atoms with van der Waals surface area (Å²) < 4.78 is 27.1. The summed E-state index contributed by atoms with van der Waals surface area (Å²) in [6.07, 6.45) is 5.53. The third kappa shape index (κ3) is 4.48. The Labute approximate surface area is 191 Å². The molecule has 2 fully saturated rings. The third-order valence-electron chi connectivity index (χ3n) is 6.68. The second-order valence-electron chi connectivity index (χ2n) is 9.03. The molecular weight excluding hydrogens is 430 g/mol. The number of nitrogens with one attached hydrogen (secondary N) is 1. The van der Waals surface area contributed by atoms with Crippen molar-refractivity contribution in [2.24, 2.45) is 11.8 Å². The van der Waals surface area contributed by atoms with Crippen molar-refractivity contribution in [3.63, 3.8) is 0 Å². The van der Waals surface area contributed by atoms with Crippen LogP contribution in [0.4, 0.5) is 14.7 Å². The van der Waals surface area contributed by atoms with Crippen LogP contribution in [0.1, 0.15) is 24.0 Å². The Hall–Kier alpha value is -2.57. The van der Waals surface area contributed by atoms with Crippen LogP contribution in [0.3, 0.4) is 0 Å². The minimum atomic E-state index is -0.340. The molecule has 32 heavy (non-hydrogen) atoms. The van der Waals surface area contributed by atoms with Crippen molar-refractivity contribution in [1.82, 2.24) is 14.9 Å². The fourth-order valence-electron chi connectivity index (χ4n) is 5.15. The molecule has 0 amide bonds. The smallest absolute Gasteiger partial charge is 0.222 e. The van der Waals surface area contributed by atoms with Crippen molar-refractivity contribution in [2.75, 3.05) is 18.4 Å². The van der Waals surface area contributed by atoms with Gasteiger partial charge in [-0.25, -0.2) is 18.7 Å². The van der Waals surface area contributed by atoms with Crippen molar-refractivity contribution < 1.29 is 8.78 Å². The van der Waals surface area contributed by atoms with Gasteiger partial charge in [-0.1, -0.05) is 23.7 Å². The number of aromatic nitrogens is 2. The molecule has 5 rings (SSSR count). The first-order valence-electron chi connectivity index (χ1n) is 11.0. The number of nitrogens with zero attached hydrogens (tertiary/aromatic N) is 3. The fraction of sp³-hybridized carbons (Fsp3) is 0.360. The first-order valence-corrected chi connectivity index (χ1v) is 11.3. The van der Waals surface area contributed by atoms with Gasteiger partial charge in [0.15, 0.2) is 0 Å². The lowest BCUT2D eigenvalue weighted by molar-refractivity contribution is 0.301. The quantitative estimate of drug-likeness (QED) is 0.536. The first-order chi connectivity index (χ1) is 15.4. The van der Waals surface area contributed by atoms with E-state index in [9.17, 15) is 8.78 Å². The number of likely N-dealkylation sites (tertiary alicyclic amines) is 1. The number of rotatable bonds is 5. The lowest BCUT2D eigenvalue weighted by atomic mass is 10.0. The van der Waals surface area contributed by atoms with Crippen molar-refractivity contribution in [3.05, 3.63) is 76.6 Å². The summed E-state index contributed by atoms with van der Waals surface area (Å²) >= 11 is 6.18. The van der Waals surface area contributed by atoms with Crippen molar-refractivity contribution >= 4 is 17.5 Å². The zero-order chi connectivity index (χ0) is 22.2.